The van der Waals surface area contributed by atoms with E-state index < -0.39 is 5.97 Å². The molecule has 2 aromatic rings. The number of rotatable bonds is 10. The Kier molecular flexibility index (Phi) is 8.38. The van der Waals surface area contributed by atoms with Crippen LogP contribution in [0.25, 0.3) is 0 Å². The number of aromatic nitrogens is 2. The smallest absolute Gasteiger partial charge is 0.338 e. The standard InChI is InChI=1S/C21H27N5O4/c1-4-26(12-10-23-18-14-19(27)25(3)21(29)24(18)2)11-5-13-30-20(28)17-8-6-16(15-22)7-9-17/h6-9,14,23H,4-5,10-13H2,1-3H3. The number of benzene rings is 1. The van der Waals surface area contributed by atoms with Crippen LogP contribution in [-0.4, -0.2) is 52.8 Å². The summed E-state index contributed by atoms with van der Waals surface area (Å²) in [4.78, 5) is 37.9. The third-order valence-electron chi connectivity index (χ3n) is 4.81. The molecule has 1 heterocycles. The highest BCUT2D eigenvalue weighted by Crippen LogP contribution is 2.05. The van der Waals surface area contributed by atoms with Gasteiger partial charge in [-0.05, 0) is 37.2 Å². The Balaban J connectivity index is 1.74. The highest BCUT2D eigenvalue weighted by molar-refractivity contribution is 5.89. The molecule has 160 valence electrons. The SMILES string of the molecule is CCN(CCCOC(=O)c1ccc(C#N)cc1)CCNc1cc(=O)n(C)c(=O)n1C. The minimum absolute atomic E-state index is 0.298. The van der Waals surface area contributed by atoms with Crippen molar-refractivity contribution >= 4 is 11.8 Å². The predicted octanol–water partition coefficient (Wildman–Crippen LogP) is 0.937. The molecule has 0 bridgehead atoms. The topological polar surface area (TPSA) is 109 Å². The van der Waals surface area contributed by atoms with E-state index in [0.717, 1.165) is 17.7 Å². The van der Waals surface area contributed by atoms with Crippen LogP contribution in [0.15, 0.2) is 39.9 Å². The third-order valence-corrected chi connectivity index (χ3v) is 4.81. The van der Waals surface area contributed by atoms with Crippen molar-refractivity contribution < 1.29 is 9.53 Å². The number of anilines is 1. The van der Waals surface area contributed by atoms with Crippen molar-refractivity contribution in [3.8, 4) is 6.07 Å². The third kappa shape index (κ3) is 6.06. The lowest BCUT2D eigenvalue weighted by Gasteiger charge is -2.21. The molecule has 0 aliphatic heterocycles. The van der Waals surface area contributed by atoms with Crippen LogP contribution >= 0.6 is 0 Å². The van der Waals surface area contributed by atoms with E-state index >= 15 is 0 Å². The largest absolute Gasteiger partial charge is 0.462 e. The molecular formula is C21H27N5O4. The number of hydrogen-bond acceptors (Lipinski definition) is 7. The molecule has 9 heteroatoms. The summed E-state index contributed by atoms with van der Waals surface area (Å²) in [5.41, 5.74) is 0.193. The minimum Gasteiger partial charge on any atom is -0.462 e. The molecule has 0 aliphatic rings. The van der Waals surface area contributed by atoms with Crippen LogP contribution in [0.4, 0.5) is 5.82 Å². The van der Waals surface area contributed by atoms with Gasteiger partial charge in [0.05, 0.1) is 23.8 Å². The molecule has 0 fully saturated rings. The number of nitrogens with zero attached hydrogens (tertiary/aromatic N) is 4. The summed E-state index contributed by atoms with van der Waals surface area (Å²) in [6.07, 6.45) is 0.681. The van der Waals surface area contributed by atoms with Crippen LogP contribution in [0.1, 0.15) is 29.3 Å². The van der Waals surface area contributed by atoms with Gasteiger partial charge < -0.3 is 15.0 Å². The first-order chi connectivity index (χ1) is 14.4. The first-order valence-corrected chi connectivity index (χ1v) is 9.78. The molecule has 0 aliphatic carbocycles. The van der Waals surface area contributed by atoms with E-state index in [1.807, 2.05) is 13.0 Å². The molecule has 30 heavy (non-hydrogen) atoms. The first-order valence-electron chi connectivity index (χ1n) is 9.78. The van der Waals surface area contributed by atoms with Gasteiger partial charge in [0.15, 0.2) is 0 Å². The zero-order chi connectivity index (χ0) is 22.1. The van der Waals surface area contributed by atoms with Gasteiger partial charge in [0.1, 0.15) is 5.82 Å². The summed E-state index contributed by atoms with van der Waals surface area (Å²) in [7, 11) is 3.06. The average molecular weight is 413 g/mol. The van der Waals surface area contributed by atoms with Crippen LogP contribution in [0.5, 0.6) is 0 Å². The van der Waals surface area contributed by atoms with Crippen molar-refractivity contribution in [2.24, 2.45) is 14.1 Å². The van der Waals surface area contributed by atoms with Gasteiger partial charge in [0.25, 0.3) is 5.56 Å². The number of carbonyl (C=O) groups is 1. The second-order valence-corrected chi connectivity index (χ2v) is 6.81. The zero-order valence-electron chi connectivity index (χ0n) is 17.6. The maximum atomic E-state index is 12.0. The summed E-state index contributed by atoms with van der Waals surface area (Å²) in [6, 6.07) is 9.73. The van der Waals surface area contributed by atoms with Gasteiger partial charge in [-0.15, -0.1) is 0 Å². The second kappa shape index (κ2) is 11.0. The van der Waals surface area contributed by atoms with Gasteiger partial charge in [-0.25, -0.2) is 9.59 Å². The van der Waals surface area contributed by atoms with E-state index in [0.29, 0.717) is 43.1 Å². The number of ether oxygens (including phenoxy) is 1. The maximum absolute atomic E-state index is 12.0. The highest BCUT2D eigenvalue weighted by atomic mass is 16.5. The van der Waals surface area contributed by atoms with Gasteiger partial charge >= 0.3 is 11.7 Å². The number of carbonyl (C=O) groups excluding carboxylic acids is 1. The molecule has 2 rings (SSSR count). The lowest BCUT2D eigenvalue weighted by atomic mass is 10.1. The van der Waals surface area contributed by atoms with E-state index in [4.69, 9.17) is 10.00 Å². The maximum Gasteiger partial charge on any atom is 0.338 e. The van der Waals surface area contributed by atoms with Crippen LogP contribution in [0, 0.1) is 11.3 Å². The van der Waals surface area contributed by atoms with Crippen molar-refractivity contribution in [1.82, 2.24) is 14.0 Å². The van der Waals surface area contributed by atoms with E-state index in [-0.39, 0.29) is 11.2 Å². The molecule has 1 aromatic heterocycles. The van der Waals surface area contributed by atoms with E-state index in [2.05, 4.69) is 10.2 Å². The molecule has 1 aromatic carbocycles. The molecule has 0 radical (unpaired) electrons. The van der Waals surface area contributed by atoms with Gasteiger partial charge in [-0.3, -0.25) is 13.9 Å². The Bertz CT molecular complexity index is 1020. The number of hydrogen-bond donors (Lipinski definition) is 1. The fourth-order valence-electron chi connectivity index (χ4n) is 2.89. The second-order valence-electron chi connectivity index (χ2n) is 6.81. The first kappa shape index (κ1) is 22.9. The van der Waals surface area contributed by atoms with Crippen molar-refractivity contribution in [1.29, 1.82) is 5.26 Å². The molecule has 1 N–H and O–H groups in total. The molecule has 0 atom stereocenters. The minimum atomic E-state index is -0.407. The molecule has 0 unspecified atom stereocenters. The molecule has 9 nitrogen and oxygen atoms in total. The normalized spacial score (nSPS) is 10.6. The molecule has 0 spiro atoms. The summed E-state index contributed by atoms with van der Waals surface area (Å²) >= 11 is 0. The zero-order valence-corrected chi connectivity index (χ0v) is 17.6. The summed E-state index contributed by atoms with van der Waals surface area (Å²) in [5, 5.41) is 11.9. The Labute approximate surface area is 175 Å². The summed E-state index contributed by atoms with van der Waals surface area (Å²) in [6.45, 7) is 5.18. The summed E-state index contributed by atoms with van der Waals surface area (Å²) < 4.78 is 7.75. The average Bonchev–Trinajstić information content (AvgIpc) is 2.77. The fourth-order valence-corrected chi connectivity index (χ4v) is 2.89. The number of nitrogens with one attached hydrogen (secondary N) is 1. The van der Waals surface area contributed by atoms with E-state index in [9.17, 15) is 14.4 Å². The van der Waals surface area contributed by atoms with Gasteiger partial charge in [0, 0.05) is 39.8 Å². The van der Waals surface area contributed by atoms with Crippen molar-refractivity contribution in [2.45, 2.75) is 13.3 Å². The van der Waals surface area contributed by atoms with Gasteiger partial charge in [-0.1, -0.05) is 6.92 Å². The van der Waals surface area contributed by atoms with Crippen molar-refractivity contribution in [3.63, 3.8) is 0 Å². The Hall–Kier alpha value is -3.38. The van der Waals surface area contributed by atoms with E-state index in [1.165, 1.54) is 17.7 Å². The lowest BCUT2D eigenvalue weighted by molar-refractivity contribution is 0.0489. The number of likely N-dealkylation sites (N-methyl/N-ethyl adjacent to an activating group) is 1. The van der Waals surface area contributed by atoms with Gasteiger partial charge in [-0.2, -0.15) is 5.26 Å². The van der Waals surface area contributed by atoms with Crippen LogP contribution in [0.2, 0.25) is 0 Å². The Morgan fingerprint density at radius 2 is 1.87 bits per heavy atom. The Morgan fingerprint density at radius 3 is 2.50 bits per heavy atom. The number of esters is 1. The molecule has 0 amide bonds. The van der Waals surface area contributed by atoms with Crippen molar-refractivity contribution in [3.05, 3.63) is 62.3 Å². The highest BCUT2D eigenvalue weighted by Gasteiger charge is 2.09. The fraction of sp³-hybridized carbons (Fsp3) is 0.429. The quantitative estimate of drug-likeness (QED) is 0.456. The van der Waals surface area contributed by atoms with Crippen LogP contribution in [0.3, 0.4) is 0 Å². The molecule has 0 saturated heterocycles. The monoisotopic (exact) mass is 413 g/mol. The van der Waals surface area contributed by atoms with E-state index in [1.54, 1.807) is 31.3 Å². The number of nitriles is 1. The summed E-state index contributed by atoms with van der Waals surface area (Å²) in [5.74, 6) is 0.0753. The molecule has 0 saturated carbocycles. The van der Waals surface area contributed by atoms with Crippen molar-refractivity contribution in [2.75, 3.05) is 38.1 Å². The van der Waals surface area contributed by atoms with Crippen LogP contribution < -0.4 is 16.6 Å². The lowest BCUT2D eigenvalue weighted by Crippen LogP contribution is -2.38. The Morgan fingerprint density at radius 1 is 1.17 bits per heavy atom. The predicted molar refractivity (Wildman–Crippen MR) is 114 cm³/mol. The van der Waals surface area contributed by atoms with Crippen LogP contribution in [-0.2, 0) is 18.8 Å². The van der Waals surface area contributed by atoms with Gasteiger partial charge in [0.2, 0.25) is 0 Å². The molecular weight excluding hydrogens is 386 g/mol.